The number of aromatic nitrogens is 3. The molecule has 0 atom stereocenters. The molecule has 0 bridgehead atoms. The number of nitrogens with zero attached hydrogens (tertiary/aromatic N) is 3. The van der Waals surface area contributed by atoms with Crippen molar-refractivity contribution in [1.82, 2.24) is 14.8 Å². The molecule has 2 aromatic carbocycles. The van der Waals surface area contributed by atoms with E-state index < -0.39 is 0 Å². The first kappa shape index (κ1) is 21.8. The molecular weight excluding hydrogens is 479 g/mol. The quantitative estimate of drug-likeness (QED) is 0.242. The zero-order chi connectivity index (χ0) is 21.8. The average Bonchev–Trinajstić information content (AvgIpc) is 3.41. The zero-order valence-electron chi connectivity index (χ0n) is 15.9. The van der Waals surface area contributed by atoms with Crippen LogP contribution in [0.15, 0.2) is 70.4 Å². The minimum atomic E-state index is -0.265. The highest BCUT2D eigenvalue weighted by atomic mass is 35.5. The van der Waals surface area contributed by atoms with Crippen LogP contribution in [-0.4, -0.2) is 26.4 Å². The zero-order valence-corrected chi connectivity index (χ0v) is 19.0. The van der Waals surface area contributed by atoms with E-state index in [4.69, 9.17) is 39.2 Å². The molecule has 6 nitrogen and oxygen atoms in total. The molecule has 158 valence electrons. The van der Waals surface area contributed by atoms with Crippen LogP contribution in [0.1, 0.15) is 5.76 Å². The van der Waals surface area contributed by atoms with Gasteiger partial charge in [-0.15, -0.1) is 10.2 Å². The van der Waals surface area contributed by atoms with E-state index in [1.807, 2.05) is 47.0 Å². The minimum Gasteiger partial charge on any atom is -0.467 e. The summed E-state index contributed by atoms with van der Waals surface area (Å²) >= 11 is 19.3. The van der Waals surface area contributed by atoms with Crippen molar-refractivity contribution in [2.75, 3.05) is 11.1 Å². The Morgan fingerprint density at radius 3 is 2.52 bits per heavy atom. The fourth-order valence-electron chi connectivity index (χ4n) is 2.83. The summed E-state index contributed by atoms with van der Waals surface area (Å²) in [5.74, 6) is 1.28. The van der Waals surface area contributed by atoms with Gasteiger partial charge in [-0.05, 0) is 24.3 Å². The number of halogens is 3. The molecule has 0 unspecified atom stereocenters. The van der Waals surface area contributed by atoms with Crippen LogP contribution < -0.4 is 5.32 Å². The summed E-state index contributed by atoms with van der Waals surface area (Å²) in [6.07, 6.45) is 1.61. The van der Waals surface area contributed by atoms with Gasteiger partial charge in [-0.1, -0.05) is 76.9 Å². The van der Waals surface area contributed by atoms with Crippen LogP contribution >= 0.6 is 46.6 Å². The summed E-state index contributed by atoms with van der Waals surface area (Å²) in [4.78, 5) is 12.5. The monoisotopic (exact) mass is 492 g/mol. The van der Waals surface area contributed by atoms with E-state index in [-0.39, 0.29) is 11.7 Å². The van der Waals surface area contributed by atoms with Crippen molar-refractivity contribution in [3.63, 3.8) is 0 Å². The SMILES string of the molecule is O=C(CSc1nnc(-c2ccccc2)n1Cc1ccco1)Nc1cc(Cl)c(Cl)cc1Cl. The van der Waals surface area contributed by atoms with Gasteiger partial charge in [-0.25, -0.2) is 0 Å². The van der Waals surface area contributed by atoms with Gasteiger partial charge < -0.3 is 9.73 Å². The highest BCUT2D eigenvalue weighted by molar-refractivity contribution is 7.99. The lowest BCUT2D eigenvalue weighted by atomic mass is 10.2. The largest absolute Gasteiger partial charge is 0.467 e. The van der Waals surface area contributed by atoms with E-state index in [2.05, 4.69) is 15.5 Å². The lowest BCUT2D eigenvalue weighted by molar-refractivity contribution is -0.113. The van der Waals surface area contributed by atoms with Crippen LogP contribution in [0.2, 0.25) is 15.1 Å². The second-order valence-corrected chi connectivity index (χ2v) is 8.58. The molecule has 4 aromatic rings. The van der Waals surface area contributed by atoms with E-state index in [1.165, 1.54) is 23.9 Å². The fraction of sp³-hybridized carbons (Fsp3) is 0.0952. The topological polar surface area (TPSA) is 73.0 Å². The Hall–Kier alpha value is -2.45. The number of carbonyl (C=O) groups is 1. The fourth-order valence-corrected chi connectivity index (χ4v) is 4.16. The Kier molecular flexibility index (Phi) is 6.87. The summed E-state index contributed by atoms with van der Waals surface area (Å²) in [6, 6.07) is 16.4. The van der Waals surface area contributed by atoms with Gasteiger partial charge >= 0.3 is 0 Å². The number of hydrogen-bond donors (Lipinski definition) is 1. The molecule has 2 heterocycles. The third-order valence-electron chi connectivity index (χ3n) is 4.26. The lowest BCUT2D eigenvalue weighted by Crippen LogP contribution is -2.15. The van der Waals surface area contributed by atoms with E-state index in [1.54, 1.807) is 6.26 Å². The van der Waals surface area contributed by atoms with Gasteiger partial charge in [0.2, 0.25) is 5.91 Å². The van der Waals surface area contributed by atoms with Gasteiger partial charge in [0.25, 0.3) is 0 Å². The first-order valence-corrected chi connectivity index (χ1v) is 11.2. The summed E-state index contributed by atoms with van der Waals surface area (Å²) in [5.41, 5.74) is 1.31. The second-order valence-electron chi connectivity index (χ2n) is 6.42. The Morgan fingerprint density at radius 1 is 1.00 bits per heavy atom. The number of rotatable bonds is 7. The number of benzene rings is 2. The van der Waals surface area contributed by atoms with Crippen LogP contribution in [0.4, 0.5) is 5.69 Å². The molecule has 4 rings (SSSR count). The highest BCUT2D eigenvalue weighted by Crippen LogP contribution is 2.32. The third kappa shape index (κ3) is 5.25. The van der Waals surface area contributed by atoms with Crippen LogP contribution in [0.25, 0.3) is 11.4 Å². The number of hydrogen-bond acceptors (Lipinski definition) is 5. The second kappa shape index (κ2) is 9.78. The Morgan fingerprint density at radius 2 is 1.77 bits per heavy atom. The Balaban J connectivity index is 1.52. The molecule has 1 N–H and O–H groups in total. The Bertz CT molecular complexity index is 1200. The van der Waals surface area contributed by atoms with Crippen LogP contribution in [0.3, 0.4) is 0 Å². The molecular formula is C21H15Cl3N4O2S. The number of nitrogens with one attached hydrogen (secondary N) is 1. The van der Waals surface area contributed by atoms with Crippen molar-refractivity contribution >= 4 is 58.2 Å². The normalized spacial score (nSPS) is 10.9. The molecule has 1 amide bonds. The molecule has 31 heavy (non-hydrogen) atoms. The van der Waals surface area contributed by atoms with E-state index in [9.17, 15) is 4.79 Å². The first-order chi connectivity index (χ1) is 15.0. The molecule has 0 fully saturated rings. The van der Waals surface area contributed by atoms with Crippen LogP contribution in [-0.2, 0) is 11.3 Å². The molecule has 10 heteroatoms. The maximum Gasteiger partial charge on any atom is 0.234 e. The average molecular weight is 494 g/mol. The maximum absolute atomic E-state index is 12.5. The molecule has 0 saturated carbocycles. The van der Waals surface area contributed by atoms with Gasteiger partial charge in [0.15, 0.2) is 11.0 Å². The number of amides is 1. The third-order valence-corrected chi connectivity index (χ3v) is 6.26. The number of thioether (sulfide) groups is 1. The first-order valence-electron chi connectivity index (χ1n) is 9.09. The Labute approximate surface area is 197 Å². The molecule has 0 aliphatic rings. The van der Waals surface area contributed by atoms with Crippen molar-refractivity contribution < 1.29 is 9.21 Å². The predicted octanol–water partition coefficient (Wildman–Crippen LogP) is 6.28. The van der Waals surface area contributed by atoms with Crippen molar-refractivity contribution in [2.24, 2.45) is 0 Å². The van der Waals surface area contributed by atoms with E-state index in [0.717, 1.165) is 11.3 Å². The van der Waals surface area contributed by atoms with Gasteiger partial charge in [0, 0.05) is 5.56 Å². The molecule has 0 spiro atoms. The molecule has 0 saturated heterocycles. The molecule has 2 aromatic heterocycles. The van der Waals surface area contributed by atoms with Gasteiger partial charge in [-0.2, -0.15) is 0 Å². The summed E-state index contributed by atoms with van der Waals surface area (Å²) in [6.45, 7) is 0.437. The summed E-state index contributed by atoms with van der Waals surface area (Å²) in [5, 5.41) is 12.9. The van der Waals surface area contributed by atoms with Crippen molar-refractivity contribution in [3.8, 4) is 11.4 Å². The van der Waals surface area contributed by atoms with Gasteiger partial charge in [0.05, 0.1) is 39.3 Å². The van der Waals surface area contributed by atoms with Gasteiger partial charge in [0.1, 0.15) is 5.76 Å². The van der Waals surface area contributed by atoms with E-state index >= 15 is 0 Å². The molecule has 0 aliphatic heterocycles. The van der Waals surface area contributed by atoms with Crippen molar-refractivity contribution in [1.29, 1.82) is 0 Å². The van der Waals surface area contributed by atoms with Crippen LogP contribution in [0.5, 0.6) is 0 Å². The number of furan rings is 1. The van der Waals surface area contributed by atoms with E-state index in [0.29, 0.717) is 38.3 Å². The standard InChI is InChI=1S/C21H15Cl3N4O2S/c22-15-9-17(24)18(10-16(15)23)25-19(29)12-31-21-27-26-20(13-5-2-1-3-6-13)28(21)11-14-7-4-8-30-14/h1-10H,11-12H2,(H,25,29). The van der Waals surface area contributed by atoms with Crippen molar-refractivity contribution in [2.45, 2.75) is 11.7 Å². The summed E-state index contributed by atoms with van der Waals surface area (Å²) in [7, 11) is 0. The predicted molar refractivity (Wildman–Crippen MR) is 124 cm³/mol. The molecule has 0 aliphatic carbocycles. The molecule has 0 radical (unpaired) electrons. The summed E-state index contributed by atoms with van der Waals surface area (Å²) < 4.78 is 7.40. The smallest absolute Gasteiger partial charge is 0.234 e. The minimum absolute atomic E-state index is 0.0989. The lowest BCUT2D eigenvalue weighted by Gasteiger charge is -2.10. The van der Waals surface area contributed by atoms with Gasteiger partial charge in [-0.3, -0.25) is 9.36 Å². The highest BCUT2D eigenvalue weighted by Gasteiger charge is 2.17. The number of carbonyl (C=O) groups excluding carboxylic acids is 1. The van der Waals surface area contributed by atoms with Crippen LogP contribution in [0, 0.1) is 0 Å². The van der Waals surface area contributed by atoms with Crippen molar-refractivity contribution in [3.05, 3.63) is 81.7 Å². The maximum atomic E-state index is 12.5. The number of anilines is 1.